The lowest BCUT2D eigenvalue weighted by Crippen LogP contribution is -2.25. The van der Waals surface area contributed by atoms with Gasteiger partial charge >= 0.3 is 0 Å². The quantitative estimate of drug-likeness (QED) is 0.786. The van der Waals surface area contributed by atoms with Gasteiger partial charge in [-0.15, -0.1) is 11.3 Å². The van der Waals surface area contributed by atoms with E-state index in [0.717, 1.165) is 16.3 Å². The van der Waals surface area contributed by atoms with Crippen LogP contribution in [0.4, 0.5) is 0 Å². The Bertz CT molecular complexity index is 743. The fraction of sp³-hybridized carbons (Fsp3) is 0.125. The van der Waals surface area contributed by atoms with Crippen molar-refractivity contribution in [3.8, 4) is 11.3 Å². The second kappa shape index (κ2) is 6.91. The maximum atomic E-state index is 11.9. The zero-order valence-corrected chi connectivity index (χ0v) is 12.6. The van der Waals surface area contributed by atoms with Crippen LogP contribution in [0.25, 0.3) is 11.3 Å². The normalized spacial score (nSPS) is 10.4. The van der Waals surface area contributed by atoms with Crippen LogP contribution in [0.1, 0.15) is 15.4 Å². The van der Waals surface area contributed by atoms with Gasteiger partial charge in [-0.05, 0) is 24.3 Å². The Hall–Kier alpha value is -2.60. The number of nitrogens with zero attached hydrogens (tertiary/aromatic N) is 3. The van der Waals surface area contributed by atoms with Gasteiger partial charge in [0.15, 0.2) is 0 Å². The molecule has 3 aromatic rings. The molecule has 22 heavy (non-hydrogen) atoms. The highest BCUT2D eigenvalue weighted by Gasteiger charge is 2.07. The number of carbonyl (C=O) groups is 1. The number of hydrogen-bond acceptors (Lipinski definition) is 5. The van der Waals surface area contributed by atoms with Crippen LogP contribution >= 0.6 is 11.3 Å². The zero-order valence-electron chi connectivity index (χ0n) is 11.8. The molecule has 1 N–H and O–H groups in total. The van der Waals surface area contributed by atoms with E-state index in [1.165, 1.54) is 0 Å². The topological polar surface area (TPSA) is 67.8 Å². The molecule has 0 atom stereocenters. The smallest absolute Gasteiger partial charge is 0.252 e. The van der Waals surface area contributed by atoms with E-state index in [1.807, 2.05) is 17.5 Å². The van der Waals surface area contributed by atoms with Crippen LogP contribution in [0.3, 0.4) is 0 Å². The standard InChI is InChI=1S/C16H14N4OS/c21-16(13-4-2-7-18-10-13)19-8-5-15-20-14(11-22-15)12-3-1-6-17-9-12/h1-4,6-7,9-11H,5,8H2,(H,19,21). The molecule has 0 aliphatic carbocycles. The van der Waals surface area contributed by atoms with Crippen molar-refractivity contribution in [2.75, 3.05) is 6.54 Å². The molecule has 6 heteroatoms. The van der Waals surface area contributed by atoms with Gasteiger partial charge in [-0.1, -0.05) is 0 Å². The molecule has 0 saturated carbocycles. The molecule has 0 aromatic carbocycles. The third-order valence-electron chi connectivity index (χ3n) is 3.06. The Labute approximate surface area is 132 Å². The molecule has 0 bridgehead atoms. The number of rotatable bonds is 5. The number of nitrogens with one attached hydrogen (secondary N) is 1. The summed E-state index contributed by atoms with van der Waals surface area (Å²) in [6.45, 7) is 0.549. The summed E-state index contributed by atoms with van der Waals surface area (Å²) < 4.78 is 0. The predicted octanol–water partition coefficient (Wildman–Crippen LogP) is 2.57. The summed E-state index contributed by atoms with van der Waals surface area (Å²) in [7, 11) is 0. The van der Waals surface area contributed by atoms with Crippen molar-refractivity contribution in [2.45, 2.75) is 6.42 Å². The van der Waals surface area contributed by atoms with Crippen LogP contribution in [0.15, 0.2) is 54.4 Å². The molecule has 0 aliphatic rings. The minimum Gasteiger partial charge on any atom is -0.352 e. The Morgan fingerprint density at radius 1 is 1.14 bits per heavy atom. The van der Waals surface area contributed by atoms with Crippen molar-refractivity contribution in [1.82, 2.24) is 20.3 Å². The highest BCUT2D eigenvalue weighted by atomic mass is 32.1. The molecule has 3 aromatic heterocycles. The van der Waals surface area contributed by atoms with Crippen LogP contribution in [0, 0.1) is 0 Å². The second-order valence-electron chi connectivity index (χ2n) is 4.62. The summed E-state index contributed by atoms with van der Waals surface area (Å²) in [4.78, 5) is 24.5. The van der Waals surface area contributed by atoms with Gasteiger partial charge in [0.1, 0.15) is 0 Å². The van der Waals surface area contributed by atoms with Gasteiger partial charge in [0, 0.05) is 48.7 Å². The number of carbonyl (C=O) groups excluding carboxylic acids is 1. The maximum Gasteiger partial charge on any atom is 0.252 e. The van der Waals surface area contributed by atoms with Gasteiger partial charge in [-0.25, -0.2) is 4.98 Å². The number of amides is 1. The van der Waals surface area contributed by atoms with Gasteiger partial charge in [0.05, 0.1) is 16.3 Å². The lowest BCUT2D eigenvalue weighted by atomic mass is 10.2. The summed E-state index contributed by atoms with van der Waals surface area (Å²) in [5, 5.41) is 5.87. The van der Waals surface area contributed by atoms with Crippen molar-refractivity contribution < 1.29 is 4.79 Å². The molecule has 0 radical (unpaired) electrons. The first-order chi connectivity index (χ1) is 10.8. The highest BCUT2D eigenvalue weighted by molar-refractivity contribution is 7.09. The van der Waals surface area contributed by atoms with Crippen LogP contribution in [-0.2, 0) is 6.42 Å². The molecule has 0 fully saturated rings. The first-order valence-corrected chi connectivity index (χ1v) is 7.74. The minimum atomic E-state index is -0.114. The minimum absolute atomic E-state index is 0.114. The van der Waals surface area contributed by atoms with E-state index in [4.69, 9.17) is 0 Å². The SMILES string of the molecule is O=C(NCCc1nc(-c2cccnc2)cs1)c1cccnc1. The summed E-state index contributed by atoms with van der Waals surface area (Å²) in [6.07, 6.45) is 7.44. The molecule has 1 amide bonds. The first kappa shape index (κ1) is 14.3. The van der Waals surface area contributed by atoms with E-state index in [9.17, 15) is 4.79 Å². The van der Waals surface area contributed by atoms with E-state index in [-0.39, 0.29) is 5.91 Å². The summed E-state index contributed by atoms with van der Waals surface area (Å²) >= 11 is 1.59. The lowest BCUT2D eigenvalue weighted by Gasteiger charge is -2.03. The van der Waals surface area contributed by atoms with Crippen LogP contribution < -0.4 is 5.32 Å². The molecular weight excluding hydrogens is 296 g/mol. The maximum absolute atomic E-state index is 11.9. The van der Waals surface area contributed by atoms with Crippen molar-refractivity contribution >= 4 is 17.2 Å². The number of hydrogen-bond donors (Lipinski definition) is 1. The van der Waals surface area contributed by atoms with Crippen LogP contribution in [0.2, 0.25) is 0 Å². The number of aromatic nitrogens is 3. The molecule has 3 heterocycles. The molecule has 0 spiro atoms. The van der Waals surface area contributed by atoms with Gasteiger partial charge in [-0.2, -0.15) is 0 Å². The lowest BCUT2D eigenvalue weighted by molar-refractivity contribution is 0.0954. The van der Waals surface area contributed by atoms with Crippen molar-refractivity contribution in [1.29, 1.82) is 0 Å². The van der Waals surface area contributed by atoms with Crippen LogP contribution in [-0.4, -0.2) is 27.4 Å². The third kappa shape index (κ3) is 3.53. The summed E-state index contributed by atoms with van der Waals surface area (Å²) in [6, 6.07) is 7.36. The Morgan fingerprint density at radius 3 is 2.68 bits per heavy atom. The van der Waals surface area contributed by atoms with Crippen molar-refractivity contribution in [3.05, 3.63) is 65.0 Å². The van der Waals surface area contributed by atoms with E-state index < -0.39 is 0 Å². The van der Waals surface area contributed by atoms with Gasteiger partial charge < -0.3 is 5.32 Å². The van der Waals surface area contributed by atoms with Crippen molar-refractivity contribution in [3.63, 3.8) is 0 Å². The van der Waals surface area contributed by atoms with Gasteiger partial charge in [0.2, 0.25) is 0 Å². The molecule has 0 saturated heterocycles. The number of thiazole rings is 1. The van der Waals surface area contributed by atoms with Gasteiger partial charge in [-0.3, -0.25) is 14.8 Å². The molecule has 0 aliphatic heterocycles. The highest BCUT2D eigenvalue weighted by Crippen LogP contribution is 2.20. The van der Waals surface area contributed by atoms with E-state index >= 15 is 0 Å². The zero-order chi connectivity index (χ0) is 15.2. The molecule has 5 nitrogen and oxygen atoms in total. The monoisotopic (exact) mass is 310 g/mol. The molecule has 110 valence electrons. The summed E-state index contributed by atoms with van der Waals surface area (Å²) in [5.41, 5.74) is 2.49. The predicted molar refractivity (Wildman–Crippen MR) is 85.6 cm³/mol. The van der Waals surface area contributed by atoms with E-state index in [0.29, 0.717) is 18.5 Å². The van der Waals surface area contributed by atoms with Crippen molar-refractivity contribution in [2.24, 2.45) is 0 Å². The van der Waals surface area contributed by atoms with Gasteiger partial charge in [0.25, 0.3) is 5.91 Å². The fourth-order valence-electron chi connectivity index (χ4n) is 1.95. The average Bonchev–Trinajstić information content (AvgIpc) is 3.05. The number of pyridine rings is 2. The second-order valence-corrected chi connectivity index (χ2v) is 5.56. The Kier molecular flexibility index (Phi) is 4.50. The van der Waals surface area contributed by atoms with E-state index in [2.05, 4.69) is 20.3 Å². The van der Waals surface area contributed by atoms with E-state index in [1.54, 1.807) is 48.3 Å². The molecule has 3 rings (SSSR count). The summed E-state index contributed by atoms with van der Waals surface area (Å²) in [5.74, 6) is -0.114. The average molecular weight is 310 g/mol. The Morgan fingerprint density at radius 2 is 1.95 bits per heavy atom. The molecule has 0 unspecified atom stereocenters. The Balaban J connectivity index is 1.55. The van der Waals surface area contributed by atoms with Crippen LogP contribution in [0.5, 0.6) is 0 Å². The third-order valence-corrected chi connectivity index (χ3v) is 3.97. The fourth-order valence-corrected chi connectivity index (χ4v) is 2.76. The molecular formula is C16H14N4OS. The first-order valence-electron chi connectivity index (χ1n) is 6.86. The largest absolute Gasteiger partial charge is 0.352 e.